The van der Waals surface area contributed by atoms with Gasteiger partial charge < -0.3 is 10.5 Å². The molecule has 2 aromatic rings. The zero-order valence-electron chi connectivity index (χ0n) is 15.7. The number of hydrogen-bond donors (Lipinski definition) is 1. The van der Waals surface area contributed by atoms with Crippen molar-refractivity contribution in [1.82, 2.24) is 4.31 Å². The molecule has 0 amide bonds. The smallest absolute Gasteiger partial charge is 0.243 e. The molecule has 3 rings (SSSR count). The molecule has 0 radical (unpaired) electrons. The third-order valence-corrected chi connectivity index (χ3v) is 7.01. The second-order valence-electron chi connectivity index (χ2n) is 6.70. The lowest BCUT2D eigenvalue weighted by molar-refractivity contribution is 0.339. The van der Waals surface area contributed by atoms with E-state index in [0.717, 1.165) is 5.56 Å². The third-order valence-electron chi connectivity index (χ3n) is 5.01. The SMILES string of the molecule is CCOc1ccc(S(=O)(=O)N2C[C@@H](CN)[C@H](c3ccccc3)C2)c(C)c1.Cl. The Bertz CT molecular complexity index is 859. The van der Waals surface area contributed by atoms with Gasteiger partial charge >= 0.3 is 0 Å². The van der Waals surface area contributed by atoms with Gasteiger partial charge in [0.1, 0.15) is 5.75 Å². The van der Waals surface area contributed by atoms with Gasteiger partial charge in [0.25, 0.3) is 0 Å². The molecule has 0 unspecified atom stereocenters. The van der Waals surface area contributed by atoms with E-state index in [9.17, 15) is 8.42 Å². The van der Waals surface area contributed by atoms with E-state index in [4.69, 9.17) is 10.5 Å². The van der Waals surface area contributed by atoms with Crippen LogP contribution in [0, 0.1) is 12.8 Å². The predicted octanol–water partition coefficient (Wildman–Crippen LogP) is 3.18. The minimum atomic E-state index is -3.56. The summed E-state index contributed by atoms with van der Waals surface area (Å²) in [6.45, 7) is 5.63. The minimum Gasteiger partial charge on any atom is -0.494 e. The third kappa shape index (κ3) is 4.46. The molecule has 0 spiro atoms. The fourth-order valence-electron chi connectivity index (χ4n) is 3.65. The van der Waals surface area contributed by atoms with Crippen molar-refractivity contribution in [2.24, 2.45) is 11.7 Å². The van der Waals surface area contributed by atoms with E-state index in [1.165, 1.54) is 0 Å². The first-order chi connectivity index (χ1) is 12.5. The van der Waals surface area contributed by atoms with E-state index in [0.29, 0.717) is 42.4 Å². The van der Waals surface area contributed by atoms with Gasteiger partial charge in [0.05, 0.1) is 11.5 Å². The fourth-order valence-corrected chi connectivity index (χ4v) is 5.38. The summed E-state index contributed by atoms with van der Waals surface area (Å²) >= 11 is 0. The van der Waals surface area contributed by atoms with Crippen LogP contribution in [0.5, 0.6) is 5.75 Å². The van der Waals surface area contributed by atoms with E-state index < -0.39 is 10.0 Å². The van der Waals surface area contributed by atoms with Gasteiger partial charge in [-0.25, -0.2) is 8.42 Å². The van der Waals surface area contributed by atoms with E-state index in [1.807, 2.05) is 37.3 Å². The molecule has 7 heteroatoms. The van der Waals surface area contributed by atoms with Crippen LogP contribution < -0.4 is 10.5 Å². The number of sulfonamides is 1. The predicted molar refractivity (Wildman–Crippen MR) is 110 cm³/mol. The summed E-state index contributed by atoms with van der Waals surface area (Å²) in [5, 5.41) is 0. The van der Waals surface area contributed by atoms with Gasteiger partial charge in [-0.05, 0) is 55.6 Å². The Morgan fingerprint density at radius 3 is 2.44 bits per heavy atom. The van der Waals surface area contributed by atoms with Crippen molar-refractivity contribution in [2.45, 2.75) is 24.7 Å². The Balaban J connectivity index is 0.00000261. The van der Waals surface area contributed by atoms with Gasteiger partial charge in [0, 0.05) is 19.0 Å². The van der Waals surface area contributed by atoms with Crippen LogP contribution in [-0.4, -0.2) is 39.0 Å². The molecule has 1 aliphatic rings. The highest BCUT2D eigenvalue weighted by atomic mass is 35.5. The van der Waals surface area contributed by atoms with E-state index in [2.05, 4.69) is 0 Å². The fraction of sp³-hybridized carbons (Fsp3) is 0.400. The summed E-state index contributed by atoms with van der Waals surface area (Å²) in [5.41, 5.74) is 7.79. The number of hydrogen-bond acceptors (Lipinski definition) is 4. The van der Waals surface area contributed by atoms with Crippen molar-refractivity contribution in [3.05, 3.63) is 59.7 Å². The van der Waals surface area contributed by atoms with Crippen LogP contribution in [-0.2, 0) is 10.0 Å². The van der Waals surface area contributed by atoms with E-state index in [-0.39, 0.29) is 24.2 Å². The first-order valence-electron chi connectivity index (χ1n) is 8.96. The minimum absolute atomic E-state index is 0. The van der Waals surface area contributed by atoms with Gasteiger partial charge in [-0.2, -0.15) is 4.31 Å². The van der Waals surface area contributed by atoms with Crippen LogP contribution in [0.2, 0.25) is 0 Å². The van der Waals surface area contributed by atoms with Gasteiger partial charge in [-0.15, -0.1) is 12.4 Å². The maximum Gasteiger partial charge on any atom is 0.243 e. The number of halogens is 1. The molecule has 27 heavy (non-hydrogen) atoms. The average molecular weight is 411 g/mol. The van der Waals surface area contributed by atoms with Crippen LogP contribution in [0.25, 0.3) is 0 Å². The Morgan fingerprint density at radius 2 is 1.85 bits per heavy atom. The van der Waals surface area contributed by atoms with E-state index in [1.54, 1.807) is 29.4 Å². The Kier molecular flexibility index (Phi) is 7.28. The monoisotopic (exact) mass is 410 g/mol. The standard InChI is InChI=1S/C20H26N2O3S.ClH/c1-3-25-18-9-10-20(15(2)11-18)26(23,24)22-13-17(12-21)19(14-22)16-7-5-4-6-8-16;/h4-11,17,19H,3,12-14,21H2,1-2H3;1H/t17-,19+;/m1./s1. The van der Waals surface area contributed by atoms with Crippen LogP contribution in [0.15, 0.2) is 53.4 Å². The summed E-state index contributed by atoms with van der Waals surface area (Å²) in [6, 6.07) is 15.2. The van der Waals surface area contributed by atoms with Crippen LogP contribution >= 0.6 is 12.4 Å². The van der Waals surface area contributed by atoms with E-state index >= 15 is 0 Å². The quantitative estimate of drug-likeness (QED) is 0.793. The summed E-state index contributed by atoms with van der Waals surface area (Å²) in [4.78, 5) is 0.338. The lowest BCUT2D eigenvalue weighted by atomic mass is 9.89. The molecule has 0 aliphatic carbocycles. The number of benzene rings is 2. The average Bonchev–Trinajstić information content (AvgIpc) is 3.08. The number of nitrogens with two attached hydrogens (primary N) is 1. The van der Waals surface area contributed by atoms with Crippen LogP contribution in [0.1, 0.15) is 24.0 Å². The van der Waals surface area contributed by atoms with Crippen LogP contribution in [0.4, 0.5) is 0 Å². The molecular weight excluding hydrogens is 384 g/mol. The van der Waals surface area contributed by atoms with Crippen molar-refractivity contribution in [1.29, 1.82) is 0 Å². The zero-order chi connectivity index (χ0) is 18.7. The molecule has 0 aromatic heterocycles. The summed E-state index contributed by atoms with van der Waals surface area (Å²) in [6.07, 6.45) is 0. The maximum absolute atomic E-state index is 13.2. The van der Waals surface area contributed by atoms with Crippen molar-refractivity contribution < 1.29 is 13.2 Å². The van der Waals surface area contributed by atoms with Gasteiger partial charge in [-0.1, -0.05) is 30.3 Å². The molecule has 0 bridgehead atoms. The second kappa shape index (κ2) is 9.06. The highest BCUT2D eigenvalue weighted by Gasteiger charge is 2.39. The maximum atomic E-state index is 13.2. The first kappa shape index (κ1) is 21.7. The highest BCUT2D eigenvalue weighted by Crippen LogP contribution is 2.36. The second-order valence-corrected chi connectivity index (χ2v) is 8.60. The summed E-state index contributed by atoms with van der Waals surface area (Å²) in [7, 11) is -3.56. The molecule has 0 saturated carbocycles. The Labute approximate surface area is 168 Å². The number of rotatable bonds is 6. The van der Waals surface area contributed by atoms with Crippen molar-refractivity contribution in [3.63, 3.8) is 0 Å². The lowest BCUT2D eigenvalue weighted by Gasteiger charge is -2.18. The molecule has 1 heterocycles. The van der Waals surface area contributed by atoms with Crippen molar-refractivity contribution in [3.8, 4) is 5.75 Å². The molecule has 2 aromatic carbocycles. The van der Waals surface area contributed by atoms with Gasteiger partial charge in [-0.3, -0.25) is 0 Å². The topological polar surface area (TPSA) is 72.6 Å². The lowest BCUT2D eigenvalue weighted by Crippen LogP contribution is -2.30. The molecule has 1 fully saturated rings. The molecular formula is C20H27ClN2O3S. The van der Waals surface area contributed by atoms with Gasteiger partial charge in [0.15, 0.2) is 0 Å². The Morgan fingerprint density at radius 1 is 1.15 bits per heavy atom. The molecule has 1 saturated heterocycles. The number of aryl methyl sites for hydroxylation is 1. The van der Waals surface area contributed by atoms with Crippen molar-refractivity contribution in [2.75, 3.05) is 26.2 Å². The molecule has 2 atom stereocenters. The van der Waals surface area contributed by atoms with Crippen molar-refractivity contribution >= 4 is 22.4 Å². The molecule has 2 N–H and O–H groups in total. The Hall–Kier alpha value is -1.60. The first-order valence-corrected chi connectivity index (χ1v) is 10.4. The van der Waals surface area contributed by atoms with Gasteiger partial charge in [0.2, 0.25) is 10.0 Å². The molecule has 5 nitrogen and oxygen atoms in total. The summed E-state index contributed by atoms with van der Waals surface area (Å²) < 4.78 is 33.5. The normalized spacial score (nSPS) is 20.3. The molecule has 1 aliphatic heterocycles. The van der Waals surface area contributed by atoms with Crippen LogP contribution in [0.3, 0.4) is 0 Å². The largest absolute Gasteiger partial charge is 0.494 e. The highest BCUT2D eigenvalue weighted by molar-refractivity contribution is 7.89. The number of nitrogens with zero attached hydrogens (tertiary/aromatic N) is 1. The molecule has 148 valence electrons. The zero-order valence-corrected chi connectivity index (χ0v) is 17.3. The number of ether oxygens (including phenoxy) is 1. The summed E-state index contributed by atoms with van der Waals surface area (Å²) in [5.74, 6) is 0.932.